The Morgan fingerprint density at radius 1 is 1.27 bits per heavy atom. The average Bonchev–Trinajstić information content (AvgIpc) is 2.57. The molecule has 0 amide bonds. The molecule has 0 radical (unpaired) electrons. The van der Waals surface area contributed by atoms with Crippen molar-refractivity contribution in [3.8, 4) is 11.5 Å². The summed E-state index contributed by atoms with van der Waals surface area (Å²) in [6.07, 6.45) is 4.07. The van der Waals surface area contributed by atoms with Gasteiger partial charge in [-0.15, -0.1) is 0 Å². The topological polar surface area (TPSA) is 117 Å². The van der Waals surface area contributed by atoms with Gasteiger partial charge >= 0.3 is 0 Å². The van der Waals surface area contributed by atoms with Gasteiger partial charge in [0.1, 0.15) is 11.4 Å². The summed E-state index contributed by atoms with van der Waals surface area (Å²) in [5.41, 5.74) is 14.4. The molecule has 0 bridgehead atoms. The van der Waals surface area contributed by atoms with Crippen LogP contribution in [-0.2, 0) is 6.42 Å². The molecule has 1 aliphatic heterocycles. The number of fused-ring (bicyclic) bond motifs is 1. The average molecular weight is 356 g/mol. The van der Waals surface area contributed by atoms with Gasteiger partial charge in [0.15, 0.2) is 11.5 Å². The molecule has 0 spiro atoms. The van der Waals surface area contributed by atoms with E-state index in [1.54, 1.807) is 6.20 Å². The zero-order chi connectivity index (χ0) is 18.9. The fourth-order valence-electron chi connectivity index (χ4n) is 3.08. The van der Waals surface area contributed by atoms with Gasteiger partial charge in [0.05, 0.1) is 13.2 Å². The minimum Gasteiger partial charge on any atom is -0.490 e. The summed E-state index contributed by atoms with van der Waals surface area (Å²) in [6.45, 7) is 6.23. The van der Waals surface area contributed by atoms with Crippen molar-refractivity contribution in [1.82, 2.24) is 9.97 Å². The number of nitrogens with zero attached hydrogens (tertiary/aromatic N) is 2. The smallest absolute Gasteiger partial charge is 0.221 e. The molecule has 7 nitrogen and oxygen atoms in total. The molecule has 1 aliphatic rings. The van der Waals surface area contributed by atoms with Gasteiger partial charge < -0.3 is 26.0 Å². The van der Waals surface area contributed by atoms with Crippen LogP contribution in [0.2, 0.25) is 0 Å². The quantitative estimate of drug-likeness (QED) is 0.751. The molecule has 0 saturated heterocycles. The molecule has 0 fully saturated rings. The second-order valence-electron chi connectivity index (χ2n) is 6.75. The van der Waals surface area contributed by atoms with Crippen LogP contribution in [0.4, 0.5) is 11.8 Å². The summed E-state index contributed by atoms with van der Waals surface area (Å²) in [5, 5.41) is 9.83. The normalized spacial score (nSPS) is 15.0. The monoisotopic (exact) mass is 356 g/mol. The van der Waals surface area contributed by atoms with E-state index < -0.39 is 5.60 Å². The van der Waals surface area contributed by atoms with Crippen molar-refractivity contribution in [1.29, 1.82) is 0 Å². The molecule has 7 heteroatoms. The SMILES string of the molecule is CCOc1cc(Cc2cnc(N)nc2N)cc2c1OC(C)(C)C=C2CO. The number of ether oxygens (including phenoxy) is 2. The Hall–Kier alpha value is -2.80. The van der Waals surface area contributed by atoms with Gasteiger partial charge in [-0.25, -0.2) is 4.98 Å². The van der Waals surface area contributed by atoms with E-state index >= 15 is 0 Å². The molecule has 1 aromatic carbocycles. The van der Waals surface area contributed by atoms with Gasteiger partial charge in [0.2, 0.25) is 5.95 Å². The highest BCUT2D eigenvalue weighted by Gasteiger charge is 2.29. The molecular formula is C19H24N4O3. The summed E-state index contributed by atoms with van der Waals surface area (Å²) < 4.78 is 11.9. The molecule has 0 atom stereocenters. The van der Waals surface area contributed by atoms with Crippen molar-refractivity contribution in [3.05, 3.63) is 41.1 Å². The standard InChI is InChI=1S/C19H24N4O3/c1-4-25-15-7-11(5-12-9-22-18(21)23-17(12)20)6-14-13(10-24)8-19(2,3)26-16(14)15/h6-9,24H,4-5,10H2,1-3H3,(H4,20,21,22,23). The van der Waals surface area contributed by atoms with Gasteiger partial charge in [-0.2, -0.15) is 4.98 Å². The molecular weight excluding hydrogens is 332 g/mol. The number of aliphatic hydroxyl groups excluding tert-OH is 1. The molecule has 26 heavy (non-hydrogen) atoms. The third-order valence-corrected chi connectivity index (χ3v) is 4.13. The molecule has 138 valence electrons. The van der Waals surface area contributed by atoms with Crippen LogP contribution in [0.25, 0.3) is 5.57 Å². The summed E-state index contributed by atoms with van der Waals surface area (Å²) >= 11 is 0. The number of aromatic nitrogens is 2. The van der Waals surface area contributed by atoms with Crippen molar-refractivity contribution in [2.75, 3.05) is 24.7 Å². The highest BCUT2D eigenvalue weighted by molar-refractivity contribution is 5.77. The maximum Gasteiger partial charge on any atom is 0.221 e. The Labute approximate surface area is 152 Å². The lowest BCUT2D eigenvalue weighted by Gasteiger charge is -2.32. The third-order valence-electron chi connectivity index (χ3n) is 4.13. The maximum absolute atomic E-state index is 9.83. The predicted molar refractivity (Wildman–Crippen MR) is 101 cm³/mol. The largest absolute Gasteiger partial charge is 0.490 e. The van der Waals surface area contributed by atoms with Crippen molar-refractivity contribution >= 4 is 17.3 Å². The molecule has 2 heterocycles. The Bertz CT molecular complexity index is 862. The molecule has 3 rings (SSSR count). The first-order valence-corrected chi connectivity index (χ1v) is 8.51. The van der Waals surface area contributed by atoms with Crippen molar-refractivity contribution in [2.45, 2.75) is 32.8 Å². The number of hydrogen-bond donors (Lipinski definition) is 3. The number of nitrogen functional groups attached to an aromatic ring is 2. The van der Waals surface area contributed by atoms with Crippen LogP contribution in [0.5, 0.6) is 11.5 Å². The van der Waals surface area contributed by atoms with Crippen molar-refractivity contribution < 1.29 is 14.6 Å². The van der Waals surface area contributed by atoms with E-state index in [-0.39, 0.29) is 12.6 Å². The van der Waals surface area contributed by atoms with Gasteiger partial charge in [0, 0.05) is 23.7 Å². The number of anilines is 2. The Balaban J connectivity index is 2.07. The summed E-state index contributed by atoms with van der Waals surface area (Å²) in [6, 6.07) is 3.90. The van der Waals surface area contributed by atoms with E-state index in [4.69, 9.17) is 20.9 Å². The zero-order valence-electron chi connectivity index (χ0n) is 15.2. The molecule has 0 saturated carbocycles. The third kappa shape index (κ3) is 3.57. The predicted octanol–water partition coefficient (Wildman–Crippen LogP) is 2.18. The van der Waals surface area contributed by atoms with Gasteiger partial charge in [-0.05, 0) is 50.1 Å². The van der Waals surface area contributed by atoms with Crippen LogP contribution in [0.15, 0.2) is 24.4 Å². The number of hydrogen-bond acceptors (Lipinski definition) is 7. The Kier molecular flexibility index (Phi) is 4.73. The molecule has 0 unspecified atom stereocenters. The first-order valence-electron chi connectivity index (χ1n) is 8.51. The second kappa shape index (κ2) is 6.84. The Morgan fingerprint density at radius 2 is 2.04 bits per heavy atom. The number of rotatable bonds is 5. The number of benzene rings is 1. The highest BCUT2D eigenvalue weighted by Crippen LogP contribution is 2.43. The number of nitrogens with two attached hydrogens (primary N) is 2. The van der Waals surface area contributed by atoms with Crippen LogP contribution in [-0.4, -0.2) is 33.9 Å². The maximum atomic E-state index is 9.83. The van der Waals surface area contributed by atoms with Crippen LogP contribution < -0.4 is 20.9 Å². The first-order chi connectivity index (χ1) is 12.3. The lowest BCUT2D eigenvalue weighted by atomic mass is 9.92. The number of aliphatic hydroxyl groups is 1. The van der Waals surface area contributed by atoms with E-state index in [0.717, 1.165) is 22.3 Å². The van der Waals surface area contributed by atoms with E-state index in [9.17, 15) is 5.11 Å². The minimum atomic E-state index is -0.520. The molecule has 5 N–H and O–H groups in total. The summed E-state index contributed by atoms with van der Waals surface area (Å²) in [7, 11) is 0. The second-order valence-corrected chi connectivity index (χ2v) is 6.75. The van der Waals surface area contributed by atoms with E-state index in [1.165, 1.54) is 0 Å². The summed E-state index contributed by atoms with van der Waals surface area (Å²) in [4.78, 5) is 8.02. The van der Waals surface area contributed by atoms with Crippen LogP contribution >= 0.6 is 0 Å². The molecule has 0 aliphatic carbocycles. The fraction of sp³-hybridized carbons (Fsp3) is 0.368. The lowest BCUT2D eigenvalue weighted by Crippen LogP contribution is -2.30. The van der Waals surface area contributed by atoms with Crippen LogP contribution in [0.1, 0.15) is 37.5 Å². The van der Waals surface area contributed by atoms with Gasteiger partial charge in [-0.1, -0.05) is 0 Å². The zero-order valence-corrected chi connectivity index (χ0v) is 15.2. The first kappa shape index (κ1) is 18.0. The van der Waals surface area contributed by atoms with Crippen LogP contribution in [0.3, 0.4) is 0 Å². The fourth-order valence-corrected chi connectivity index (χ4v) is 3.08. The Morgan fingerprint density at radius 3 is 2.69 bits per heavy atom. The van der Waals surface area contributed by atoms with Crippen molar-refractivity contribution in [2.24, 2.45) is 0 Å². The minimum absolute atomic E-state index is 0.0814. The van der Waals surface area contributed by atoms with Gasteiger partial charge in [0.25, 0.3) is 0 Å². The summed E-state index contributed by atoms with van der Waals surface area (Å²) in [5.74, 6) is 1.78. The van der Waals surface area contributed by atoms with E-state index in [1.807, 2.05) is 39.0 Å². The van der Waals surface area contributed by atoms with Crippen LogP contribution in [0, 0.1) is 0 Å². The highest BCUT2D eigenvalue weighted by atomic mass is 16.5. The molecule has 1 aromatic heterocycles. The van der Waals surface area contributed by atoms with E-state index in [0.29, 0.717) is 30.3 Å². The molecule has 2 aromatic rings. The van der Waals surface area contributed by atoms with E-state index in [2.05, 4.69) is 9.97 Å². The van der Waals surface area contributed by atoms with Crippen molar-refractivity contribution in [3.63, 3.8) is 0 Å². The lowest BCUT2D eigenvalue weighted by molar-refractivity contribution is 0.147. The van der Waals surface area contributed by atoms with Gasteiger partial charge in [-0.3, -0.25) is 0 Å².